The van der Waals surface area contributed by atoms with Crippen molar-refractivity contribution in [2.75, 3.05) is 25.1 Å². The van der Waals surface area contributed by atoms with Crippen molar-refractivity contribution in [2.24, 2.45) is 0 Å². The second kappa shape index (κ2) is 9.64. The van der Waals surface area contributed by atoms with Crippen molar-refractivity contribution in [2.45, 2.75) is 25.4 Å². The maximum Gasteiger partial charge on any atom is 0.118 e. The zero-order chi connectivity index (χ0) is 20.8. The number of aliphatic hydroxyl groups excluding tert-OH is 1. The molecule has 1 aliphatic heterocycles. The molecule has 0 aliphatic carbocycles. The lowest BCUT2D eigenvalue weighted by Gasteiger charge is -2.29. The van der Waals surface area contributed by atoms with Gasteiger partial charge in [-0.25, -0.2) is 0 Å². The summed E-state index contributed by atoms with van der Waals surface area (Å²) in [7, 11) is 1.65. The van der Waals surface area contributed by atoms with Crippen molar-refractivity contribution in [1.29, 1.82) is 0 Å². The average Bonchev–Trinajstić information content (AvgIpc) is 2.84. The second-order valence-electron chi connectivity index (χ2n) is 7.76. The number of nitrogens with zero attached hydrogens (tertiary/aromatic N) is 1. The minimum absolute atomic E-state index is 0.701. The predicted octanol–water partition coefficient (Wildman–Crippen LogP) is 5.85. The van der Waals surface area contributed by atoms with E-state index in [1.807, 2.05) is 48.5 Å². The molecule has 3 aromatic carbocycles. The standard InChI is InChI=1S/C27H29NO2/c1-30-25-16-12-23(13-17-25)27(29)20-26(21-8-4-2-5-9-21)22-10-14-24(15-11-22)28-18-6-3-7-19-28/h2,4-5,8-17,20,27,29H,3,6-7,18-19H2,1H3. The predicted molar refractivity (Wildman–Crippen MR) is 124 cm³/mol. The molecule has 1 unspecified atom stereocenters. The SMILES string of the molecule is COc1ccc(C(O)C=C(c2ccccc2)c2ccc(N3CCCCC3)cc2)cc1. The molecule has 0 saturated carbocycles. The smallest absolute Gasteiger partial charge is 0.118 e. The van der Waals surface area contributed by atoms with Crippen LogP contribution in [0.25, 0.3) is 5.57 Å². The van der Waals surface area contributed by atoms with Crippen molar-refractivity contribution in [1.82, 2.24) is 0 Å². The highest BCUT2D eigenvalue weighted by molar-refractivity contribution is 5.81. The van der Waals surface area contributed by atoms with E-state index in [4.69, 9.17) is 4.74 Å². The van der Waals surface area contributed by atoms with Gasteiger partial charge in [0.25, 0.3) is 0 Å². The lowest BCUT2D eigenvalue weighted by molar-refractivity contribution is 0.229. The normalized spacial score (nSPS) is 15.7. The van der Waals surface area contributed by atoms with Gasteiger partial charge in [0.2, 0.25) is 0 Å². The highest BCUT2D eigenvalue weighted by Gasteiger charge is 2.13. The summed E-state index contributed by atoms with van der Waals surface area (Å²) in [5.41, 5.74) is 5.35. The summed E-state index contributed by atoms with van der Waals surface area (Å²) in [6.07, 6.45) is 5.11. The quantitative estimate of drug-likeness (QED) is 0.564. The van der Waals surface area contributed by atoms with E-state index in [1.165, 1.54) is 24.9 Å². The van der Waals surface area contributed by atoms with E-state index < -0.39 is 6.10 Å². The molecule has 1 atom stereocenters. The summed E-state index contributed by atoms with van der Waals surface area (Å²) >= 11 is 0. The van der Waals surface area contributed by atoms with Gasteiger partial charge in [0.15, 0.2) is 0 Å². The summed E-state index contributed by atoms with van der Waals surface area (Å²) in [4.78, 5) is 2.46. The summed E-state index contributed by atoms with van der Waals surface area (Å²) in [5, 5.41) is 10.9. The maximum atomic E-state index is 10.9. The van der Waals surface area contributed by atoms with Crippen LogP contribution >= 0.6 is 0 Å². The van der Waals surface area contributed by atoms with Crippen LogP contribution in [0.15, 0.2) is 84.9 Å². The molecule has 4 rings (SSSR count). The number of hydrogen-bond donors (Lipinski definition) is 1. The Morgan fingerprint density at radius 2 is 1.47 bits per heavy atom. The van der Waals surface area contributed by atoms with E-state index in [2.05, 4.69) is 41.3 Å². The monoisotopic (exact) mass is 399 g/mol. The Labute approximate surface area is 179 Å². The first kappa shape index (κ1) is 20.2. The first-order valence-electron chi connectivity index (χ1n) is 10.7. The molecule has 1 N–H and O–H groups in total. The Morgan fingerprint density at radius 3 is 2.10 bits per heavy atom. The first-order chi connectivity index (χ1) is 14.7. The lowest BCUT2D eigenvalue weighted by Crippen LogP contribution is -2.29. The number of hydrogen-bond acceptors (Lipinski definition) is 3. The number of piperidine rings is 1. The minimum atomic E-state index is -0.701. The third-order valence-electron chi connectivity index (χ3n) is 5.77. The van der Waals surface area contributed by atoms with Gasteiger partial charge in [-0.3, -0.25) is 0 Å². The van der Waals surface area contributed by atoms with Gasteiger partial charge in [-0.2, -0.15) is 0 Å². The Bertz CT molecular complexity index is 956. The maximum absolute atomic E-state index is 10.9. The molecule has 3 aromatic rings. The van der Waals surface area contributed by atoms with E-state index in [9.17, 15) is 5.11 Å². The number of rotatable bonds is 6. The molecule has 1 heterocycles. The van der Waals surface area contributed by atoms with Crippen molar-refractivity contribution in [3.63, 3.8) is 0 Å². The van der Waals surface area contributed by atoms with Gasteiger partial charge >= 0.3 is 0 Å². The molecule has 0 amide bonds. The van der Waals surface area contributed by atoms with Gasteiger partial charge in [0, 0.05) is 18.8 Å². The third kappa shape index (κ3) is 4.74. The number of aliphatic hydroxyl groups is 1. The molecule has 0 bridgehead atoms. The van der Waals surface area contributed by atoms with Crippen LogP contribution in [-0.4, -0.2) is 25.3 Å². The summed E-state index contributed by atoms with van der Waals surface area (Å²) < 4.78 is 5.23. The van der Waals surface area contributed by atoms with E-state index in [1.54, 1.807) is 7.11 Å². The Balaban J connectivity index is 1.65. The fourth-order valence-electron chi connectivity index (χ4n) is 4.04. The Kier molecular flexibility index (Phi) is 6.50. The summed E-state index contributed by atoms with van der Waals surface area (Å²) in [6.45, 7) is 2.27. The van der Waals surface area contributed by atoms with Gasteiger partial charge in [-0.15, -0.1) is 0 Å². The van der Waals surface area contributed by atoms with Crippen LogP contribution in [0.1, 0.15) is 42.1 Å². The van der Waals surface area contributed by atoms with Crippen LogP contribution in [0.4, 0.5) is 5.69 Å². The van der Waals surface area contributed by atoms with Crippen molar-refractivity contribution in [3.05, 3.63) is 102 Å². The summed E-state index contributed by atoms with van der Waals surface area (Å²) in [5.74, 6) is 0.784. The summed E-state index contributed by atoms with van der Waals surface area (Å²) in [6, 6.07) is 26.6. The van der Waals surface area contributed by atoms with E-state index >= 15 is 0 Å². The van der Waals surface area contributed by atoms with Crippen LogP contribution in [0.2, 0.25) is 0 Å². The highest BCUT2D eigenvalue weighted by atomic mass is 16.5. The average molecular weight is 400 g/mol. The molecular formula is C27H29NO2. The van der Waals surface area contributed by atoms with Crippen LogP contribution in [-0.2, 0) is 0 Å². The minimum Gasteiger partial charge on any atom is -0.497 e. The molecule has 30 heavy (non-hydrogen) atoms. The van der Waals surface area contributed by atoms with Crippen LogP contribution in [0.3, 0.4) is 0 Å². The number of methoxy groups -OCH3 is 1. The van der Waals surface area contributed by atoms with Gasteiger partial charge in [-0.1, -0.05) is 54.6 Å². The van der Waals surface area contributed by atoms with Crippen molar-refractivity contribution in [3.8, 4) is 5.75 Å². The van der Waals surface area contributed by atoms with Gasteiger partial charge in [-0.05, 0) is 71.9 Å². The van der Waals surface area contributed by atoms with Crippen LogP contribution in [0, 0.1) is 0 Å². The number of anilines is 1. The first-order valence-corrected chi connectivity index (χ1v) is 10.7. The van der Waals surface area contributed by atoms with Gasteiger partial charge in [0.1, 0.15) is 5.75 Å². The third-order valence-corrected chi connectivity index (χ3v) is 5.77. The molecule has 0 aromatic heterocycles. The zero-order valence-corrected chi connectivity index (χ0v) is 17.5. The Morgan fingerprint density at radius 1 is 0.833 bits per heavy atom. The van der Waals surface area contributed by atoms with Crippen molar-refractivity contribution >= 4 is 11.3 Å². The topological polar surface area (TPSA) is 32.7 Å². The van der Waals surface area contributed by atoms with Crippen molar-refractivity contribution < 1.29 is 9.84 Å². The molecule has 0 radical (unpaired) electrons. The molecule has 3 nitrogen and oxygen atoms in total. The number of benzene rings is 3. The lowest BCUT2D eigenvalue weighted by atomic mass is 9.94. The number of ether oxygens (including phenoxy) is 1. The molecule has 1 fully saturated rings. The fraction of sp³-hybridized carbons (Fsp3) is 0.259. The second-order valence-corrected chi connectivity index (χ2v) is 7.76. The molecule has 154 valence electrons. The molecule has 0 spiro atoms. The Hall–Kier alpha value is -3.04. The molecule has 1 aliphatic rings. The van der Waals surface area contributed by atoms with E-state index in [0.29, 0.717) is 0 Å². The largest absolute Gasteiger partial charge is 0.497 e. The van der Waals surface area contributed by atoms with E-state index in [0.717, 1.165) is 41.1 Å². The van der Waals surface area contributed by atoms with Gasteiger partial charge < -0.3 is 14.7 Å². The highest BCUT2D eigenvalue weighted by Crippen LogP contribution is 2.30. The van der Waals surface area contributed by atoms with Crippen LogP contribution < -0.4 is 9.64 Å². The molecule has 1 saturated heterocycles. The molecule has 3 heteroatoms. The van der Waals surface area contributed by atoms with Crippen LogP contribution in [0.5, 0.6) is 5.75 Å². The van der Waals surface area contributed by atoms with E-state index in [-0.39, 0.29) is 0 Å². The molecular weight excluding hydrogens is 370 g/mol. The fourth-order valence-corrected chi connectivity index (χ4v) is 4.04. The van der Waals surface area contributed by atoms with Gasteiger partial charge in [0.05, 0.1) is 13.2 Å². The zero-order valence-electron chi connectivity index (χ0n) is 17.5.